The second kappa shape index (κ2) is 11.0. The van der Waals surface area contributed by atoms with Crippen LogP contribution in [-0.4, -0.2) is 14.5 Å². The summed E-state index contributed by atoms with van der Waals surface area (Å²) in [5.74, 6) is 1.57. The van der Waals surface area contributed by atoms with E-state index in [0.29, 0.717) is 36.4 Å². The Kier molecular flexibility index (Phi) is 7.60. The number of nitriles is 1. The van der Waals surface area contributed by atoms with Gasteiger partial charge >= 0.3 is 0 Å². The van der Waals surface area contributed by atoms with Gasteiger partial charge in [-0.15, -0.1) is 0 Å². The maximum atomic E-state index is 13.7. The Morgan fingerprint density at radius 1 is 1.06 bits per heavy atom. The average Bonchev–Trinajstić information content (AvgIpc) is 2.89. The van der Waals surface area contributed by atoms with Gasteiger partial charge in [-0.05, 0) is 61.1 Å². The van der Waals surface area contributed by atoms with Crippen LogP contribution in [0.5, 0.6) is 11.5 Å². The zero-order valence-corrected chi connectivity index (χ0v) is 21.2. The Morgan fingerprint density at radius 2 is 1.81 bits per heavy atom. The summed E-state index contributed by atoms with van der Waals surface area (Å²) in [6.45, 7) is 8.31. The van der Waals surface area contributed by atoms with Crippen molar-refractivity contribution in [1.29, 1.82) is 5.26 Å². The smallest absolute Gasteiger partial charge is 0.297 e. The van der Waals surface area contributed by atoms with Crippen LogP contribution in [0, 0.1) is 25.2 Å². The van der Waals surface area contributed by atoms with Crippen LogP contribution in [0.4, 0.5) is 0 Å². The largest absolute Gasteiger partial charge is 0.448 e. The summed E-state index contributed by atoms with van der Waals surface area (Å²) < 4.78 is 7.86. The number of rotatable bonds is 8. The van der Waals surface area contributed by atoms with Gasteiger partial charge in [0.25, 0.3) is 5.56 Å². The van der Waals surface area contributed by atoms with Crippen molar-refractivity contribution in [1.82, 2.24) is 14.5 Å². The third-order valence-electron chi connectivity index (χ3n) is 6.15. The fourth-order valence-electron chi connectivity index (χ4n) is 4.26. The molecule has 36 heavy (non-hydrogen) atoms. The van der Waals surface area contributed by atoms with Crippen LogP contribution >= 0.6 is 0 Å². The van der Waals surface area contributed by atoms with Crippen LogP contribution in [0.25, 0.3) is 11.1 Å². The van der Waals surface area contributed by atoms with Gasteiger partial charge in [-0.2, -0.15) is 5.26 Å². The highest BCUT2D eigenvalue weighted by Crippen LogP contribution is 2.26. The highest BCUT2D eigenvalue weighted by molar-refractivity contribution is 5.70. The van der Waals surface area contributed by atoms with Crippen LogP contribution in [-0.2, 0) is 19.4 Å². The molecule has 0 saturated heterocycles. The standard InChI is InChI=1S/C30H30N4O2/c1-5-9-28-33-26(6-2)29(36-27-18-32-21(4)16-20(27)3)30(35)34(28)19-22-12-14-23(15-13-22)25-11-8-7-10-24(25)17-31/h7-8,10-16,18H,5-6,9,19H2,1-4H3. The lowest BCUT2D eigenvalue weighted by Crippen LogP contribution is -2.28. The van der Waals surface area contributed by atoms with E-state index < -0.39 is 0 Å². The minimum Gasteiger partial charge on any atom is -0.448 e. The van der Waals surface area contributed by atoms with E-state index in [2.05, 4.69) is 18.0 Å². The molecule has 2 aromatic carbocycles. The zero-order chi connectivity index (χ0) is 25.7. The van der Waals surface area contributed by atoms with Gasteiger partial charge in [0.05, 0.1) is 30.1 Å². The maximum Gasteiger partial charge on any atom is 0.297 e. The lowest BCUT2D eigenvalue weighted by molar-refractivity contribution is 0.445. The fourth-order valence-corrected chi connectivity index (χ4v) is 4.26. The van der Waals surface area contributed by atoms with Gasteiger partial charge in [0.2, 0.25) is 5.75 Å². The van der Waals surface area contributed by atoms with Gasteiger partial charge in [0.1, 0.15) is 11.6 Å². The monoisotopic (exact) mass is 478 g/mol. The molecule has 0 aliphatic heterocycles. The Balaban J connectivity index is 1.72. The van der Waals surface area contributed by atoms with Crippen LogP contribution < -0.4 is 10.3 Å². The van der Waals surface area contributed by atoms with Crippen LogP contribution in [0.2, 0.25) is 0 Å². The Hall–Kier alpha value is -4.24. The van der Waals surface area contributed by atoms with E-state index in [1.54, 1.807) is 10.8 Å². The van der Waals surface area contributed by atoms with Crippen molar-refractivity contribution < 1.29 is 4.74 Å². The maximum absolute atomic E-state index is 13.7. The van der Waals surface area contributed by atoms with E-state index in [1.165, 1.54) is 0 Å². The first kappa shape index (κ1) is 24.9. The fraction of sp³-hybridized carbons (Fsp3) is 0.267. The van der Waals surface area contributed by atoms with Crippen molar-refractivity contribution in [2.75, 3.05) is 0 Å². The summed E-state index contributed by atoms with van der Waals surface area (Å²) in [5.41, 5.74) is 5.73. The van der Waals surface area contributed by atoms with E-state index in [9.17, 15) is 10.1 Å². The molecular formula is C30H30N4O2. The van der Waals surface area contributed by atoms with Crippen LogP contribution in [0.1, 0.15) is 54.2 Å². The first-order valence-corrected chi connectivity index (χ1v) is 12.3. The van der Waals surface area contributed by atoms with E-state index in [0.717, 1.165) is 40.2 Å². The summed E-state index contributed by atoms with van der Waals surface area (Å²) >= 11 is 0. The molecule has 0 unspecified atom stereocenters. The second-order valence-corrected chi connectivity index (χ2v) is 8.85. The molecule has 182 valence electrons. The molecule has 0 bridgehead atoms. The molecule has 0 amide bonds. The number of benzene rings is 2. The number of aromatic nitrogens is 3. The van der Waals surface area contributed by atoms with Crippen molar-refractivity contribution in [2.45, 2.75) is 53.5 Å². The molecule has 0 fully saturated rings. The topological polar surface area (TPSA) is 80.8 Å². The predicted octanol–water partition coefficient (Wildman–Crippen LogP) is 6.15. The van der Waals surface area contributed by atoms with Gasteiger partial charge in [-0.3, -0.25) is 14.3 Å². The van der Waals surface area contributed by atoms with Gasteiger partial charge in [-0.1, -0.05) is 56.3 Å². The van der Waals surface area contributed by atoms with Gasteiger partial charge in [0.15, 0.2) is 0 Å². The van der Waals surface area contributed by atoms with E-state index in [-0.39, 0.29) is 11.3 Å². The third kappa shape index (κ3) is 5.21. The highest BCUT2D eigenvalue weighted by Gasteiger charge is 2.19. The molecule has 6 heteroatoms. The quantitative estimate of drug-likeness (QED) is 0.303. The van der Waals surface area contributed by atoms with Crippen molar-refractivity contribution in [3.8, 4) is 28.7 Å². The van der Waals surface area contributed by atoms with Gasteiger partial charge in [-0.25, -0.2) is 4.98 Å². The zero-order valence-electron chi connectivity index (χ0n) is 21.2. The highest BCUT2D eigenvalue weighted by atomic mass is 16.5. The Morgan fingerprint density at radius 3 is 2.47 bits per heavy atom. The SMILES string of the molecule is CCCc1nc(CC)c(Oc2cnc(C)cc2C)c(=O)n1Cc1ccc(-c2ccccc2C#N)cc1. The van der Waals surface area contributed by atoms with Crippen molar-refractivity contribution >= 4 is 0 Å². The molecule has 0 spiro atoms. The minimum atomic E-state index is -0.191. The molecule has 6 nitrogen and oxygen atoms in total. The van der Waals surface area contributed by atoms with E-state index >= 15 is 0 Å². The second-order valence-electron chi connectivity index (χ2n) is 8.85. The molecule has 0 aliphatic carbocycles. The Labute approximate surface area is 211 Å². The number of hydrogen-bond donors (Lipinski definition) is 0. The number of aryl methyl sites for hydroxylation is 4. The first-order chi connectivity index (χ1) is 17.4. The van der Waals surface area contributed by atoms with Gasteiger partial charge < -0.3 is 4.74 Å². The molecule has 0 atom stereocenters. The number of pyridine rings is 1. The average molecular weight is 479 g/mol. The first-order valence-electron chi connectivity index (χ1n) is 12.3. The normalized spacial score (nSPS) is 10.8. The minimum absolute atomic E-state index is 0.191. The van der Waals surface area contributed by atoms with Crippen LogP contribution in [0.3, 0.4) is 0 Å². The molecule has 0 saturated carbocycles. The lowest BCUT2D eigenvalue weighted by atomic mass is 9.99. The summed E-state index contributed by atoms with van der Waals surface area (Å²) in [7, 11) is 0. The molecule has 0 aliphatic rings. The third-order valence-corrected chi connectivity index (χ3v) is 6.15. The van der Waals surface area contributed by atoms with Gasteiger partial charge in [0, 0.05) is 12.1 Å². The molecule has 4 aromatic rings. The summed E-state index contributed by atoms with van der Waals surface area (Å²) in [6, 6.07) is 19.7. The molecule has 2 heterocycles. The summed E-state index contributed by atoms with van der Waals surface area (Å²) in [5, 5.41) is 9.44. The van der Waals surface area contributed by atoms with Crippen molar-refractivity contribution in [3.05, 3.63) is 105 Å². The van der Waals surface area contributed by atoms with E-state index in [4.69, 9.17) is 9.72 Å². The molecule has 0 N–H and O–H groups in total. The molecule has 2 aromatic heterocycles. The molecule has 4 rings (SSSR count). The van der Waals surface area contributed by atoms with Crippen LogP contribution in [0.15, 0.2) is 65.6 Å². The Bertz CT molecular complexity index is 1480. The molecular weight excluding hydrogens is 448 g/mol. The predicted molar refractivity (Wildman–Crippen MR) is 141 cm³/mol. The van der Waals surface area contributed by atoms with E-state index in [1.807, 2.05) is 75.4 Å². The van der Waals surface area contributed by atoms with Crippen molar-refractivity contribution in [3.63, 3.8) is 0 Å². The summed E-state index contributed by atoms with van der Waals surface area (Å²) in [6.07, 6.45) is 3.82. The number of ether oxygens (including phenoxy) is 1. The summed E-state index contributed by atoms with van der Waals surface area (Å²) in [4.78, 5) is 22.9. The number of hydrogen-bond acceptors (Lipinski definition) is 5. The number of nitrogens with zero attached hydrogens (tertiary/aromatic N) is 4. The molecule has 0 radical (unpaired) electrons. The lowest BCUT2D eigenvalue weighted by Gasteiger charge is -2.18. The van der Waals surface area contributed by atoms with Crippen molar-refractivity contribution in [2.24, 2.45) is 0 Å².